The van der Waals surface area contributed by atoms with E-state index < -0.39 is 5.91 Å². The number of hydrogen-bond donors (Lipinski definition) is 3. The number of carbonyl (C=O) groups excluding carboxylic acids is 1. The molecule has 0 fully saturated rings. The second-order valence-corrected chi connectivity index (χ2v) is 7.11. The van der Waals surface area contributed by atoms with E-state index in [1.54, 1.807) is 6.07 Å². The van der Waals surface area contributed by atoms with Crippen LogP contribution in [0.4, 0.5) is 0 Å². The minimum atomic E-state index is -0.677. The number of nitrogens with two attached hydrogens (primary N) is 1. The summed E-state index contributed by atoms with van der Waals surface area (Å²) in [7, 11) is 0. The number of H-pyrrole nitrogens is 1. The number of aryl methyl sites for hydroxylation is 2. The highest BCUT2D eigenvalue weighted by molar-refractivity contribution is 7.11. The van der Waals surface area contributed by atoms with Gasteiger partial charge in [0.05, 0.1) is 0 Å². The SMILES string of the molecule is CCc1ccc(CNC2CCCc3[nH]c(=O)c(C(N)=O)cc32)s1. The molecule has 1 aliphatic carbocycles. The predicted octanol–water partition coefficient (Wildman–Crippen LogP) is 2.26. The number of primary amides is 1. The van der Waals surface area contributed by atoms with Crippen molar-refractivity contribution in [2.75, 3.05) is 0 Å². The van der Waals surface area contributed by atoms with Gasteiger partial charge in [-0.05, 0) is 49.4 Å². The summed E-state index contributed by atoms with van der Waals surface area (Å²) in [5.74, 6) is -0.677. The number of rotatable bonds is 5. The molecule has 0 spiro atoms. The van der Waals surface area contributed by atoms with Crippen molar-refractivity contribution < 1.29 is 4.79 Å². The molecular weight excluding hydrogens is 310 g/mol. The molecule has 1 unspecified atom stereocenters. The summed E-state index contributed by atoms with van der Waals surface area (Å²) < 4.78 is 0. The number of nitrogens with one attached hydrogen (secondary N) is 2. The van der Waals surface area contributed by atoms with Gasteiger partial charge in [-0.25, -0.2) is 0 Å². The zero-order valence-electron chi connectivity index (χ0n) is 13.1. The highest BCUT2D eigenvalue weighted by atomic mass is 32.1. The van der Waals surface area contributed by atoms with Crippen LogP contribution in [0.25, 0.3) is 0 Å². The Morgan fingerprint density at radius 3 is 2.91 bits per heavy atom. The van der Waals surface area contributed by atoms with Crippen LogP contribution in [-0.4, -0.2) is 10.9 Å². The van der Waals surface area contributed by atoms with Crippen LogP contribution in [0.15, 0.2) is 23.0 Å². The Morgan fingerprint density at radius 1 is 1.43 bits per heavy atom. The first kappa shape index (κ1) is 16.0. The van der Waals surface area contributed by atoms with E-state index in [2.05, 4.69) is 29.4 Å². The van der Waals surface area contributed by atoms with Gasteiger partial charge < -0.3 is 16.0 Å². The lowest BCUT2D eigenvalue weighted by Crippen LogP contribution is -2.31. The van der Waals surface area contributed by atoms with Gasteiger partial charge in [0.15, 0.2) is 0 Å². The van der Waals surface area contributed by atoms with Crippen LogP contribution in [0.1, 0.15) is 57.2 Å². The smallest absolute Gasteiger partial charge is 0.261 e. The number of amides is 1. The molecule has 2 heterocycles. The third kappa shape index (κ3) is 3.38. The van der Waals surface area contributed by atoms with Gasteiger partial charge in [-0.3, -0.25) is 9.59 Å². The van der Waals surface area contributed by atoms with Gasteiger partial charge in [-0.2, -0.15) is 0 Å². The maximum atomic E-state index is 11.9. The third-order valence-corrected chi connectivity index (χ3v) is 5.54. The van der Waals surface area contributed by atoms with Crippen molar-refractivity contribution in [2.45, 2.75) is 45.2 Å². The summed E-state index contributed by atoms with van der Waals surface area (Å²) in [5.41, 5.74) is 6.87. The predicted molar refractivity (Wildman–Crippen MR) is 91.8 cm³/mol. The fraction of sp³-hybridized carbons (Fsp3) is 0.412. The Bertz CT molecular complexity index is 778. The van der Waals surface area contributed by atoms with E-state index >= 15 is 0 Å². The van der Waals surface area contributed by atoms with E-state index in [1.165, 1.54) is 9.75 Å². The lowest BCUT2D eigenvalue weighted by Gasteiger charge is -2.26. The van der Waals surface area contributed by atoms with E-state index in [1.807, 2.05) is 11.3 Å². The van der Waals surface area contributed by atoms with Crippen molar-refractivity contribution in [3.8, 4) is 0 Å². The standard InChI is InChI=1S/C17H21N3O2S/c1-2-10-6-7-11(23-10)9-19-14-4-3-5-15-12(14)8-13(16(18)21)17(22)20-15/h6-8,14,19H,2-5,9H2,1H3,(H2,18,21)(H,20,22). The molecule has 23 heavy (non-hydrogen) atoms. The first-order valence-electron chi connectivity index (χ1n) is 7.95. The molecule has 0 aliphatic heterocycles. The van der Waals surface area contributed by atoms with E-state index in [-0.39, 0.29) is 17.2 Å². The Kier molecular flexibility index (Phi) is 4.63. The van der Waals surface area contributed by atoms with Crippen molar-refractivity contribution in [3.05, 3.63) is 55.1 Å². The number of aromatic nitrogens is 1. The molecule has 0 saturated heterocycles. The molecule has 0 radical (unpaired) electrons. The molecule has 3 rings (SSSR count). The highest BCUT2D eigenvalue weighted by Gasteiger charge is 2.23. The van der Waals surface area contributed by atoms with Gasteiger partial charge in [0.1, 0.15) is 5.56 Å². The van der Waals surface area contributed by atoms with E-state index in [0.29, 0.717) is 0 Å². The normalized spacial score (nSPS) is 17.0. The van der Waals surface area contributed by atoms with E-state index in [9.17, 15) is 9.59 Å². The fourth-order valence-corrected chi connectivity index (χ4v) is 3.98. The molecule has 0 aromatic carbocycles. The Hall–Kier alpha value is -1.92. The van der Waals surface area contributed by atoms with Crippen LogP contribution in [0.3, 0.4) is 0 Å². The molecule has 1 amide bonds. The van der Waals surface area contributed by atoms with Crippen LogP contribution in [-0.2, 0) is 19.4 Å². The van der Waals surface area contributed by atoms with Crippen molar-refractivity contribution in [1.82, 2.24) is 10.3 Å². The number of aromatic amines is 1. The topological polar surface area (TPSA) is 88.0 Å². The zero-order chi connectivity index (χ0) is 16.4. The first-order chi connectivity index (χ1) is 11.1. The number of fused-ring (bicyclic) bond motifs is 1. The maximum absolute atomic E-state index is 11.9. The van der Waals surface area contributed by atoms with Crippen molar-refractivity contribution >= 4 is 17.2 Å². The van der Waals surface area contributed by atoms with Crippen LogP contribution < -0.4 is 16.6 Å². The van der Waals surface area contributed by atoms with Gasteiger partial charge in [0, 0.05) is 28.0 Å². The Balaban J connectivity index is 1.81. The Morgan fingerprint density at radius 2 is 2.22 bits per heavy atom. The first-order valence-corrected chi connectivity index (χ1v) is 8.77. The molecule has 4 N–H and O–H groups in total. The number of carbonyl (C=O) groups is 1. The number of hydrogen-bond acceptors (Lipinski definition) is 4. The van der Waals surface area contributed by atoms with E-state index in [4.69, 9.17) is 5.73 Å². The van der Waals surface area contributed by atoms with Crippen molar-refractivity contribution in [1.29, 1.82) is 0 Å². The van der Waals surface area contributed by atoms with Crippen molar-refractivity contribution in [3.63, 3.8) is 0 Å². The lowest BCUT2D eigenvalue weighted by molar-refractivity contribution is 0.0998. The maximum Gasteiger partial charge on any atom is 0.261 e. The van der Waals surface area contributed by atoms with Crippen molar-refractivity contribution in [2.24, 2.45) is 5.73 Å². The quantitative estimate of drug-likeness (QED) is 0.785. The summed E-state index contributed by atoms with van der Waals surface area (Å²) in [6.45, 7) is 2.95. The minimum absolute atomic E-state index is 0.0434. The highest BCUT2D eigenvalue weighted by Crippen LogP contribution is 2.29. The fourth-order valence-electron chi connectivity index (χ4n) is 3.07. The summed E-state index contributed by atoms with van der Waals surface area (Å²) in [5, 5.41) is 3.55. The summed E-state index contributed by atoms with van der Waals surface area (Å²) >= 11 is 1.82. The lowest BCUT2D eigenvalue weighted by atomic mass is 9.90. The van der Waals surface area contributed by atoms with Crippen LogP contribution in [0, 0.1) is 0 Å². The van der Waals surface area contributed by atoms with Gasteiger partial charge in [0.25, 0.3) is 11.5 Å². The molecule has 2 aromatic heterocycles. The zero-order valence-corrected chi connectivity index (χ0v) is 14.0. The van der Waals surface area contributed by atoms with Gasteiger partial charge in [-0.1, -0.05) is 6.92 Å². The average molecular weight is 331 g/mol. The average Bonchev–Trinajstić information content (AvgIpc) is 2.99. The van der Waals surface area contributed by atoms with E-state index in [0.717, 1.165) is 43.5 Å². The van der Waals surface area contributed by atoms with Crippen LogP contribution >= 0.6 is 11.3 Å². The summed E-state index contributed by atoms with van der Waals surface area (Å²) in [4.78, 5) is 28.8. The molecule has 1 atom stereocenters. The van der Waals surface area contributed by atoms with Crippen LogP contribution in [0.5, 0.6) is 0 Å². The molecular formula is C17H21N3O2S. The van der Waals surface area contributed by atoms with Gasteiger partial charge in [0.2, 0.25) is 0 Å². The van der Waals surface area contributed by atoms with Crippen LogP contribution in [0.2, 0.25) is 0 Å². The summed E-state index contributed by atoms with van der Waals surface area (Å²) in [6, 6.07) is 6.13. The molecule has 0 saturated carbocycles. The molecule has 1 aliphatic rings. The molecule has 2 aromatic rings. The third-order valence-electron chi connectivity index (χ3n) is 4.31. The second kappa shape index (κ2) is 6.68. The molecule has 0 bridgehead atoms. The molecule has 6 heteroatoms. The minimum Gasteiger partial charge on any atom is -0.365 e. The molecule has 5 nitrogen and oxygen atoms in total. The number of pyridine rings is 1. The molecule has 122 valence electrons. The largest absolute Gasteiger partial charge is 0.365 e. The Labute approximate surface area is 138 Å². The van der Waals surface area contributed by atoms with Gasteiger partial charge in [-0.15, -0.1) is 11.3 Å². The summed E-state index contributed by atoms with van der Waals surface area (Å²) in [6.07, 6.45) is 3.89. The monoisotopic (exact) mass is 331 g/mol. The number of thiophene rings is 1. The van der Waals surface area contributed by atoms with Gasteiger partial charge >= 0.3 is 0 Å². The second-order valence-electron chi connectivity index (χ2n) is 5.86.